The first kappa shape index (κ1) is 15.9. The van der Waals surface area contributed by atoms with Crippen molar-refractivity contribution in [2.24, 2.45) is 0 Å². The number of hydrogen-bond donors (Lipinski definition) is 1. The monoisotopic (exact) mass is 331 g/mol. The van der Waals surface area contributed by atoms with Crippen molar-refractivity contribution in [1.29, 1.82) is 0 Å². The van der Waals surface area contributed by atoms with Crippen LogP contribution in [0.2, 0.25) is 0 Å². The zero-order valence-electron chi connectivity index (χ0n) is 12.9. The average molecular weight is 331 g/mol. The molecule has 0 unspecified atom stereocenters. The summed E-state index contributed by atoms with van der Waals surface area (Å²) in [5, 5.41) is 14.5. The van der Waals surface area contributed by atoms with Crippen LogP contribution in [-0.4, -0.2) is 33.4 Å². The molecule has 3 rings (SSSR count). The summed E-state index contributed by atoms with van der Waals surface area (Å²) >= 11 is 0. The highest BCUT2D eigenvalue weighted by Crippen LogP contribution is 2.15. The molecule has 0 aliphatic carbocycles. The van der Waals surface area contributed by atoms with Crippen molar-refractivity contribution < 1.29 is 13.5 Å². The molecule has 0 saturated heterocycles. The van der Waals surface area contributed by atoms with Crippen LogP contribution >= 0.6 is 0 Å². The van der Waals surface area contributed by atoms with Gasteiger partial charge >= 0.3 is 0 Å². The Morgan fingerprint density at radius 2 is 1.88 bits per heavy atom. The Hall–Kier alpha value is -3.03. The summed E-state index contributed by atoms with van der Waals surface area (Å²) in [7, 11) is 0. The van der Waals surface area contributed by atoms with E-state index in [0.717, 1.165) is 23.4 Å². The number of rotatable bonds is 6. The molecule has 1 N–H and O–H groups in total. The number of halogens is 2. The lowest BCUT2D eigenvalue weighted by Crippen LogP contribution is -2.15. The highest BCUT2D eigenvalue weighted by molar-refractivity contribution is 5.39. The fraction of sp³-hybridized carbons (Fsp3) is 0.188. The molecule has 124 valence electrons. The summed E-state index contributed by atoms with van der Waals surface area (Å²) in [6.07, 6.45) is 0. The minimum Gasteiger partial charge on any atom is -0.492 e. The van der Waals surface area contributed by atoms with Crippen LogP contribution in [0.25, 0.3) is 5.69 Å². The Morgan fingerprint density at radius 1 is 1.08 bits per heavy atom. The second-order valence-corrected chi connectivity index (χ2v) is 5.10. The van der Waals surface area contributed by atoms with Gasteiger partial charge in [0.2, 0.25) is 5.95 Å². The maximum atomic E-state index is 13.1. The maximum Gasteiger partial charge on any atom is 0.247 e. The van der Waals surface area contributed by atoms with Gasteiger partial charge in [0.15, 0.2) is 11.6 Å². The number of tetrazole rings is 1. The fourth-order valence-electron chi connectivity index (χ4n) is 2.06. The molecule has 0 atom stereocenters. The van der Waals surface area contributed by atoms with Gasteiger partial charge in [0, 0.05) is 6.07 Å². The van der Waals surface area contributed by atoms with Crippen molar-refractivity contribution in [3.63, 3.8) is 0 Å². The van der Waals surface area contributed by atoms with E-state index >= 15 is 0 Å². The third-order valence-corrected chi connectivity index (χ3v) is 3.29. The van der Waals surface area contributed by atoms with Crippen LogP contribution in [0.4, 0.5) is 14.7 Å². The van der Waals surface area contributed by atoms with E-state index in [2.05, 4.69) is 20.8 Å². The first-order valence-electron chi connectivity index (χ1n) is 7.30. The van der Waals surface area contributed by atoms with Crippen LogP contribution < -0.4 is 10.1 Å². The molecule has 0 aliphatic heterocycles. The zero-order valence-corrected chi connectivity index (χ0v) is 12.9. The van der Waals surface area contributed by atoms with E-state index in [-0.39, 0.29) is 12.4 Å². The van der Waals surface area contributed by atoms with E-state index < -0.39 is 11.6 Å². The number of ether oxygens (including phenoxy) is 1. The van der Waals surface area contributed by atoms with Gasteiger partial charge in [-0.05, 0) is 41.6 Å². The molecule has 1 heterocycles. The highest BCUT2D eigenvalue weighted by atomic mass is 19.2. The van der Waals surface area contributed by atoms with Crippen molar-refractivity contribution in [3.05, 3.63) is 59.7 Å². The first-order valence-corrected chi connectivity index (χ1v) is 7.30. The molecule has 0 fully saturated rings. The number of anilines is 1. The number of hydrogen-bond acceptors (Lipinski definition) is 5. The highest BCUT2D eigenvalue weighted by Gasteiger charge is 2.08. The number of aromatic nitrogens is 4. The van der Waals surface area contributed by atoms with Crippen LogP contribution in [0.15, 0.2) is 42.5 Å². The third-order valence-electron chi connectivity index (χ3n) is 3.29. The van der Waals surface area contributed by atoms with Gasteiger partial charge in [0.25, 0.3) is 0 Å². The van der Waals surface area contributed by atoms with Crippen LogP contribution in [-0.2, 0) is 0 Å². The van der Waals surface area contributed by atoms with E-state index in [9.17, 15) is 8.78 Å². The van der Waals surface area contributed by atoms with Crippen molar-refractivity contribution in [2.45, 2.75) is 6.92 Å². The number of nitrogens with zero attached hydrogens (tertiary/aromatic N) is 4. The quantitative estimate of drug-likeness (QED) is 0.704. The molecule has 8 heteroatoms. The summed E-state index contributed by atoms with van der Waals surface area (Å²) in [5.41, 5.74) is 1.97. The number of benzene rings is 2. The molecule has 2 aromatic carbocycles. The lowest BCUT2D eigenvalue weighted by atomic mass is 10.2. The van der Waals surface area contributed by atoms with Crippen molar-refractivity contribution >= 4 is 5.95 Å². The Labute approximate surface area is 137 Å². The van der Waals surface area contributed by atoms with Gasteiger partial charge in [0.05, 0.1) is 12.2 Å². The molecule has 0 bridgehead atoms. The van der Waals surface area contributed by atoms with Gasteiger partial charge in [-0.3, -0.25) is 0 Å². The largest absolute Gasteiger partial charge is 0.492 e. The second kappa shape index (κ2) is 7.03. The molecule has 0 amide bonds. The molecule has 0 spiro atoms. The molecule has 24 heavy (non-hydrogen) atoms. The minimum absolute atomic E-state index is 0.242. The number of nitrogens with one attached hydrogen (secondary N) is 1. The summed E-state index contributed by atoms with van der Waals surface area (Å²) < 4.78 is 32.8. The molecular formula is C16H15F2N5O. The lowest BCUT2D eigenvalue weighted by Gasteiger charge is -2.09. The minimum atomic E-state index is -0.941. The normalized spacial score (nSPS) is 10.6. The van der Waals surface area contributed by atoms with E-state index in [1.54, 1.807) is 4.68 Å². The van der Waals surface area contributed by atoms with E-state index in [1.807, 2.05) is 31.2 Å². The Kier molecular flexibility index (Phi) is 4.64. The molecule has 3 aromatic rings. The maximum absolute atomic E-state index is 13.1. The van der Waals surface area contributed by atoms with Crippen molar-refractivity contribution in [2.75, 3.05) is 18.5 Å². The topological polar surface area (TPSA) is 64.9 Å². The summed E-state index contributed by atoms with van der Waals surface area (Å²) in [6, 6.07) is 11.2. The summed E-state index contributed by atoms with van der Waals surface area (Å²) in [4.78, 5) is 0. The average Bonchev–Trinajstić information content (AvgIpc) is 3.04. The SMILES string of the molecule is Cc1ccc(-n2nnnc2NCCOc2ccc(F)c(F)c2)cc1. The van der Waals surface area contributed by atoms with E-state index in [0.29, 0.717) is 12.5 Å². The van der Waals surface area contributed by atoms with E-state index in [4.69, 9.17) is 4.74 Å². The molecule has 0 radical (unpaired) electrons. The molecule has 6 nitrogen and oxygen atoms in total. The smallest absolute Gasteiger partial charge is 0.247 e. The van der Waals surface area contributed by atoms with Crippen LogP contribution in [0, 0.1) is 18.6 Å². The van der Waals surface area contributed by atoms with Gasteiger partial charge in [0.1, 0.15) is 12.4 Å². The van der Waals surface area contributed by atoms with Crippen LogP contribution in [0.3, 0.4) is 0 Å². The van der Waals surface area contributed by atoms with Crippen LogP contribution in [0.1, 0.15) is 5.56 Å². The first-order chi connectivity index (χ1) is 11.6. The van der Waals surface area contributed by atoms with E-state index in [1.165, 1.54) is 6.07 Å². The van der Waals surface area contributed by atoms with Crippen molar-refractivity contribution in [1.82, 2.24) is 20.2 Å². The molecule has 1 aromatic heterocycles. The standard InChI is InChI=1S/C16H15F2N5O/c1-11-2-4-12(5-3-11)23-16(20-21-22-23)19-8-9-24-13-6-7-14(17)15(18)10-13/h2-7,10H,8-9H2,1H3,(H,19,20,22). The molecular weight excluding hydrogens is 316 g/mol. The predicted molar refractivity (Wildman–Crippen MR) is 84.2 cm³/mol. The van der Waals surface area contributed by atoms with Crippen LogP contribution in [0.5, 0.6) is 5.75 Å². The zero-order chi connectivity index (χ0) is 16.9. The lowest BCUT2D eigenvalue weighted by molar-refractivity contribution is 0.329. The predicted octanol–water partition coefficient (Wildman–Crippen LogP) is 2.74. The van der Waals surface area contributed by atoms with Gasteiger partial charge < -0.3 is 10.1 Å². The second-order valence-electron chi connectivity index (χ2n) is 5.10. The van der Waals surface area contributed by atoms with Crippen molar-refractivity contribution in [3.8, 4) is 11.4 Å². The fourth-order valence-corrected chi connectivity index (χ4v) is 2.06. The van der Waals surface area contributed by atoms with Gasteiger partial charge in [-0.15, -0.1) is 0 Å². The molecule has 0 aliphatic rings. The number of aryl methyl sites for hydroxylation is 1. The molecule has 0 saturated carbocycles. The Bertz CT molecular complexity index is 820. The summed E-state index contributed by atoms with van der Waals surface area (Å²) in [5.74, 6) is -1.12. The Balaban J connectivity index is 1.57. The van der Waals surface area contributed by atoms with Gasteiger partial charge in [-0.25, -0.2) is 8.78 Å². The van der Waals surface area contributed by atoms with Gasteiger partial charge in [-0.1, -0.05) is 22.8 Å². The van der Waals surface area contributed by atoms with Gasteiger partial charge in [-0.2, -0.15) is 4.68 Å². The Morgan fingerprint density at radius 3 is 2.62 bits per heavy atom. The third kappa shape index (κ3) is 3.65. The summed E-state index contributed by atoms with van der Waals surface area (Å²) in [6.45, 7) is 2.63.